The van der Waals surface area contributed by atoms with Gasteiger partial charge in [0, 0.05) is 11.3 Å². The lowest BCUT2D eigenvalue weighted by Crippen LogP contribution is -2.00. The van der Waals surface area contributed by atoms with E-state index in [4.69, 9.17) is 10.5 Å². The van der Waals surface area contributed by atoms with Crippen molar-refractivity contribution in [3.63, 3.8) is 0 Å². The number of anilines is 1. The maximum Gasteiger partial charge on any atom is 0.135 e. The number of para-hydroxylation sites is 1. The van der Waals surface area contributed by atoms with Crippen LogP contribution < -0.4 is 10.5 Å². The van der Waals surface area contributed by atoms with E-state index in [1.807, 2.05) is 48.5 Å². The molecule has 1 aliphatic rings. The summed E-state index contributed by atoms with van der Waals surface area (Å²) in [6.45, 7) is 0. The van der Waals surface area contributed by atoms with Crippen LogP contribution >= 0.6 is 0 Å². The Kier molecular flexibility index (Phi) is 2.74. The van der Waals surface area contributed by atoms with E-state index < -0.39 is 0 Å². The second kappa shape index (κ2) is 4.74. The first-order valence-corrected chi connectivity index (χ1v) is 7.10. The minimum absolute atomic E-state index is 0.497. The third kappa shape index (κ3) is 2.40. The highest BCUT2D eigenvalue weighted by Gasteiger charge is 2.27. The van der Waals surface area contributed by atoms with Crippen LogP contribution in [-0.2, 0) is 0 Å². The molecule has 2 aromatic carbocycles. The quantitative estimate of drug-likeness (QED) is 0.789. The predicted molar refractivity (Wildman–Crippen MR) is 82.4 cm³/mol. The number of benzene rings is 2. The highest BCUT2D eigenvalue weighted by atomic mass is 16.5. The van der Waals surface area contributed by atoms with Crippen LogP contribution in [-0.4, -0.2) is 9.97 Å². The summed E-state index contributed by atoms with van der Waals surface area (Å²) < 4.78 is 5.82. The van der Waals surface area contributed by atoms with Gasteiger partial charge in [0.25, 0.3) is 0 Å². The molecule has 1 heterocycles. The van der Waals surface area contributed by atoms with Crippen molar-refractivity contribution < 1.29 is 4.74 Å². The number of rotatable bonds is 3. The molecule has 104 valence electrons. The molecule has 3 aromatic rings. The summed E-state index contributed by atoms with van der Waals surface area (Å²) in [6, 6.07) is 15.4. The Bertz CT molecular complexity index is 798. The molecule has 4 nitrogen and oxygen atoms in total. The monoisotopic (exact) mass is 277 g/mol. The fourth-order valence-corrected chi connectivity index (χ4v) is 2.36. The molecule has 0 bridgehead atoms. The Labute approximate surface area is 122 Å². The first-order chi connectivity index (χ1) is 10.3. The zero-order chi connectivity index (χ0) is 14.2. The first-order valence-electron chi connectivity index (χ1n) is 7.10. The van der Waals surface area contributed by atoms with Gasteiger partial charge in [0.2, 0.25) is 0 Å². The Morgan fingerprint density at radius 1 is 0.952 bits per heavy atom. The van der Waals surface area contributed by atoms with Crippen LogP contribution in [0, 0.1) is 0 Å². The third-order valence-electron chi connectivity index (χ3n) is 3.64. The molecule has 4 heteroatoms. The molecule has 2 N–H and O–H groups in total. The molecule has 1 aromatic heterocycles. The van der Waals surface area contributed by atoms with Crippen LogP contribution in [0.25, 0.3) is 10.9 Å². The standard InChI is InChI=1S/C17H15N3O/c18-16-14-10-13(21-12-4-2-1-3-5-12)8-9-15(14)19-17(20-16)11-6-7-11/h1-5,8-11H,6-7H2,(H2,18,19,20). The molecule has 0 amide bonds. The van der Waals surface area contributed by atoms with Gasteiger partial charge < -0.3 is 10.5 Å². The number of aromatic nitrogens is 2. The summed E-state index contributed by atoms with van der Waals surface area (Å²) in [4.78, 5) is 9.02. The van der Waals surface area contributed by atoms with Crippen LogP contribution in [0.3, 0.4) is 0 Å². The smallest absolute Gasteiger partial charge is 0.135 e. The first kappa shape index (κ1) is 12.1. The Morgan fingerprint density at radius 2 is 1.76 bits per heavy atom. The molecule has 0 saturated heterocycles. The Hall–Kier alpha value is -2.62. The minimum Gasteiger partial charge on any atom is -0.457 e. The second-order valence-electron chi connectivity index (χ2n) is 5.34. The third-order valence-corrected chi connectivity index (χ3v) is 3.64. The summed E-state index contributed by atoms with van der Waals surface area (Å²) >= 11 is 0. The van der Waals surface area contributed by atoms with Gasteiger partial charge >= 0.3 is 0 Å². The lowest BCUT2D eigenvalue weighted by Gasteiger charge is -2.08. The fraction of sp³-hybridized carbons (Fsp3) is 0.176. The molecule has 0 radical (unpaired) electrons. The second-order valence-corrected chi connectivity index (χ2v) is 5.34. The van der Waals surface area contributed by atoms with E-state index in [-0.39, 0.29) is 0 Å². The van der Waals surface area contributed by atoms with Crippen molar-refractivity contribution in [2.75, 3.05) is 5.73 Å². The maximum absolute atomic E-state index is 6.08. The Morgan fingerprint density at radius 3 is 2.52 bits per heavy atom. The zero-order valence-corrected chi connectivity index (χ0v) is 11.5. The van der Waals surface area contributed by atoms with E-state index in [0.29, 0.717) is 11.7 Å². The van der Waals surface area contributed by atoms with E-state index in [1.165, 1.54) is 12.8 Å². The molecule has 0 aliphatic heterocycles. The van der Waals surface area contributed by atoms with Crippen LogP contribution in [0.1, 0.15) is 24.6 Å². The van der Waals surface area contributed by atoms with Gasteiger partial charge in [0.05, 0.1) is 5.52 Å². The SMILES string of the molecule is Nc1nc(C2CC2)nc2ccc(Oc3ccccc3)cc12. The number of nitrogen functional groups attached to an aromatic ring is 1. The van der Waals surface area contributed by atoms with Crippen LogP contribution in [0.5, 0.6) is 11.5 Å². The van der Waals surface area contributed by atoms with E-state index in [9.17, 15) is 0 Å². The van der Waals surface area contributed by atoms with Crippen LogP contribution in [0.15, 0.2) is 48.5 Å². The highest BCUT2D eigenvalue weighted by molar-refractivity contribution is 5.89. The summed E-state index contributed by atoms with van der Waals surface area (Å²) in [5.41, 5.74) is 6.96. The fourth-order valence-electron chi connectivity index (χ4n) is 2.36. The molecular weight excluding hydrogens is 262 g/mol. The molecule has 0 atom stereocenters. The van der Waals surface area contributed by atoms with E-state index in [1.54, 1.807) is 0 Å². The number of nitrogens with zero attached hydrogens (tertiary/aromatic N) is 2. The maximum atomic E-state index is 6.08. The highest BCUT2D eigenvalue weighted by Crippen LogP contribution is 2.39. The summed E-state index contributed by atoms with van der Waals surface area (Å²) in [5.74, 6) is 3.43. The number of ether oxygens (including phenoxy) is 1. The average Bonchev–Trinajstić information content (AvgIpc) is 3.33. The molecular formula is C17H15N3O. The minimum atomic E-state index is 0.497. The predicted octanol–water partition coefficient (Wildman–Crippen LogP) is 3.88. The van der Waals surface area contributed by atoms with Gasteiger partial charge in [-0.1, -0.05) is 18.2 Å². The van der Waals surface area contributed by atoms with Crippen LogP contribution in [0.2, 0.25) is 0 Å². The molecule has 0 spiro atoms. The molecule has 21 heavy (non-hydrogen) atoms. The molecule has 1 fully saturated rings. The van der Waals surface area contributed by atoms with Gasteiger partial charge in [-0.25, -0.2) is 9.97 Å². The van der Waals surface area contributed by atoms with Crippen LogP contribution in [0.4, 0.5) is 5.82 Å². The van der Waals surface area contributed by atoms with Crippen molar-refractivity contribution in [3.8, 4) is 11.5 Å². The van der Waals surface area contributed by atoms with E-state index >= 15 is 0 Å². The van der Waals surface area contributed by atoms with Crippen molar-refractivity contribution in [3.05, 3.63) is 54.4 Å². The number of hydrogen-bond donors (Lipinski definition) is 1. The molecule has 1 aliphatic carbocycles. The van der Waals surface area contributed by atoms with Gasteiger partial charge in [-0.2, -0.15) is 0 Å². The average molecular weight is 277 g/mol. The van der Waals surface area contributed by atoms with Gasteiger partial charge in [-0.3, -0.25) is 0 Å². The topological polar surface area (TPSA) is 61.0 Å². The number of nitrogens with two attached hydrogens (primary N) is 1. The largest absolute Gasteiger partial charge is 0.457 e. The van der Waals surface area contributed by atoms with Crippen molar-refractivity contribution in [1.29, 1.82) is 0 Å². The zero-order valence-electron chi connectivity index (χ0n) is 11.5. The Balaban J connectivity index is 1.72. The van der Waals surface area contributed by atoms with Gasteiger partial charge in [0.15, 0.2) is 0 Å². The van der Waals surface area contributed by atoms with E-state index in [0.717, 1.165) is 28.2 Å². The summed E-state index contributed by atoms with van der Waals surface area (Å²) in [5, 5.41) is 0.841. The van der Waals surface area contributed by atoms with Gasteiger partial charge in [0.1, 0.15) is 23.1 Å². The van der Waals surface area contributed by atoms with Crippen molar-refractivity contribution in [2.24, 2.45) is 0 Å². The van der Waals surface area contributed by atoms with Gasteiger partial charge in [-0.15, -0.1) is 0 Å². The summed E-state index contributed by atoms with van der Waals surface area (Å²) in [6.07, 6.45) is 2.33. The molecule has 0 unspecified atom stereocenters. The lowest BCUT2D eigenvalue weighted by atomic mass is 10.2. The molecule has 1 saturated carbocycles. The molecule has 4 rings (SSSR count). The van der Waals surface area contributed by atoms with Crippen molar-refractivity contribution in [1.82, 2.24) is 9.97 Å². The van der Waals surface area contributed by atoms with Crippen molar-refractivity contribution >= 4 is 16.7 Å². The summed E-state index contributed by atoms with van der Waals surface area (Å²) in [7, 11) is 0. The lowest BCUT2D eigenvalue weighted by molar-refractivity contribution is 0.483. The van der Waals surface area contributed by atoms with Crippen molar-refractivity contribution in [2.45, 2.75) is 18.8 Å². The van der Waals surface area contributed by atoms with Gasteiger partial charge in [-0.05, 0) is 43.2 Å². The number of fused-ring (bicyclic) bond motifs is 1. The van der Waals surface area contributed by atoms with E-state index in [2.05, 4.69) is 9.97 Å². The normalized spacial score (nSPS) is 14.3. The number of hydrogen-bond acceptors (Lipinski definition) is 4.